The summed E-state index contributed by atoms with van der Waals surface area (Å²) in [7, 11) is 0. The van der Waals surface area contributed by atoms with Gasteiger partial charge in [0.25, 0.3) is 0 Å². The number of hydrogen-bond acceptors (Lipinski definition) is 2. The molecule has 3 nitrogen and oxygen atoms in total. The van der Waals surface area contributed by atoms with Gasteiger partial charge in [0.15, 0.2) is 0 Å². The van der Waals surface area contributed by atoms with Crippen LogP contribution in [-0.4, -0.2) is 16.1 Å². The first kappa shape index (κ1) is 14.0. The number of halogens is 1. The summed E-state index contributed by atoms with van der Waals surface area (Å²) in [6.07, 6.45) is 0.999. The van der Waals surface area contributed by atoms with Crippen molar-refractivity contribution in [2.45, 2.75) is 33.7 Å². The minimum atomic E-state index is 0. The van der Waals surface area contributed by atoms with Crippen molar-refractivity contribution in [1.29, 1.82) is 0 Å². The number of imidazole rings is 1. The van der Waals surface area contributed by atoms with E-state index in [2.05, 4.69) is 42.5 Å². The van der Waals surface area contributed by atoms with Crippen LogP contribution in [0.5, 0.6) is 0 Å². The number of aryl methyl sites for hydroxylation is 4. The zero-order valence-electron chi connectivity index (χ0n) is 10.6. The van der Waals surface area contributed by atoms with Gasteiger partial charge in [-0.2, -0.15) is 0 Å². The number of aromatic nitrogens is 2. The Balaban J connectivity index is 0.00000144. The van der Waals surface area contributed by atoms with Crippen molar-refractivity contribution in [3.63, 3.8) is 0 Å². The maximum Gasteiger partial charge on any atom is 0.106 e. The summed E-state index contributed by atoms with van der Waals surface area (Å²) in [5.41, 5.74) is 10.5. The van der Waals surface area contributed by atoms with E-state index in [1.807, 2.05) is 0 Å². The Hall–Kier alpha value is -1.06. The van der Waals surface area contributed by atoms with E-state index >= 15 is 0 Å². The number of benzene rings is 1. The van der Waals surface area contributed by atoms with Gasteiger partial charge in [-0.3, -0.25) is 0 Å². The van der Waals surface area contributed by atoms with Crippen LogP contribution in [0.25, 0.3) is 11.0 Å². The van der Waals surface area contributed by atoms with Crippen molar-refractivity contribution < 1.29 is 12.4 Å². The third-order valence-electron chi connectivity index (χ3n) is 3.14. The fourth-order valence-corrected chi connectivity index (χ4v) is 2.03. The van der Waals surface area contributed by atoms with Crippen LogP contribution >= 0.6 is 0 Å². The quantitative estimate of drug-likeness (QED) is 0.786. The topological polar surface area (TPSA) is 43.8 Å². The van der Waals surface area contributed by atoms with Crippen LogP contribution < -0.4 is 18.1 Å². The van der Waals surface area contributed by atoms with Crippen molar-refractivity contribution in [3.05, 3.63) is 29.1 Å². The highest BCUT2D eigenvalue weighted by Crippen LogP contribution is 2.20. The molecule has 0 bridgehead atoms. The average molecular weight is 253 g/mol. The molecule has 0 spiro atoms. The fourth-order valence-electron chi connectivity index (χ4n) is 2.03. The first-order valence-electron chi connectivity index (χ1n) is 5.77. The largest absolute Gasteiger partial charge is 1.00 e. The molecule has 1 aromatic heterocycles. The van der Waals surface area contributed by atoms with Crippen LogP contribution in [0.1, 0.15) is 23.4 Å². The summed E-state index contributed by atoms with van der Waals surface area (Å²) in [4.78, 5) is 4.59. The molecule has 0 saturated heterocycles. The molecule has 0 aliphatic carbocycles. The van der Waals surface area contributed by atoms with Crippen LogP contribution in [0.4, 0.5) is 0 Å². The van der Waals surface area contributed by atoms with Crippen molar-refractivity contribution in [2.24, 2.45) is 5.73 Å². The van der Waals surface area contributed by atoms with Crippen LogP contribution in [0.15, 0.2) is 12.1 Å². The molecule has 0 aliphatic heterocycles. The van der Waals surface area contributed by atoms with Gasteiger partial charge in [0.2, 0.25) is 0 Å². The lowest BCUT2D eigenvalue weighted by atomic mass is 10.1. The fraction of sp³-hybridized carbons (Fsp3) is 0.462. The maximum absolute atomic E-state index is 5.56. The van der Waals surface area contributed by atoms with Crippen LogP contribution in [-0.2, 0) is 6.54 Å². The van der Waals surface area contributed by atoms with Gasteiger partial charge in [0, 0.05) is 6.54 Å². The molecular formula is C13H19ClN3-. The molecule has 0 aliphatic rings. The number of nitrogens with zero attached hydrogens (tertiary/aromatic N) is 2. The number of nitrogens with two attached hydrogens (primary N) is 1. The third-order valence-corrected chi connectivity index (χ3v) is 3.14. The van der Waals surface area contributed by atoms with Gasteiger partial charge in [0.05, 0.1) is 11.0 Å². The van der Waals surface area contributed by atoms with Crippen LogP contribution in [0, 0.1) is 20.8 Å². The molecule has 0 amide bonds. The SMILES string of the molecule is Cc1cc2nc(C)n(CCCN)c2cc1C.[Cl-]. The lowest BCUT2D eigenvalue weighted by molar-refractivity contribution is -0.00000373. The Morgan fingerprint density at radius 1 is 1.18 bits per heavy atom. The Morgan fingerprint density at radius 2 is 1.82 bits per heavy atom. The molecule has 0 atom stereocenters. The second-order valence-corrected chi connectivity index (χ2v) is 4.38. The van der Waals surface area contributed by atoms with Gasteiger partial charge >= 0.3 is 0 Å². The van der Waals surface area contributed by atoms with E-state index in [1.54, 1.807) is 0 Å². The maximum atomic E-state index is 5.56. The zero-order valence-corrected chi connectivity index (χ0v) is 11.4. The second-order valence-electron chi connectivity index (χ2n) is 4.38. The summed E-state index contributed by atoms with van der Waals surface area (Å²) in [5.74, 6) is 1.08. The summed E-state index contributed by atoms with van der Waals surface area (Å²) < 4.78 is 2.26. The minimum absolute atomic E-state index is 0. The monoisotopic (exact) mass is 252 g/mol. The average Bonchev–Trinajstić information content (AvgIpc) is 2.52. The molecule has 0 fully saturated rings. The van der Waals surface area contributed by atoms with E-state index in [1.165, 1.54) is 16.6 Å². The van der Waals surface area contributed by atoms with Gasteiger partial charge in [-0.1, -0.05) is 0 Å². The van der Waals surface area contributed by atoms with Gasteiger partial charge in [0.1, 0.15) is 5.82 Å². The van der Waals surface area contributed by atoms with E-state index in [0.29, 0.717) is 0 Å². The summed E-state index contributed by atoms with van der Waals surface area (Å²) in [5, 5.41) is 0. The highest BCUT2D eigenvalue weighted by Gasteiger charge is 2.08. The first-order valence-corrected chi connectivity index (χ1v) is 5.77. The van der Waals surface area contributed by atoms with E-state index in [4.69, 9.17) is 5.73 Å². The van der Waals surface area contributed by atoms with Gasteiger partial charge in [-0.25, -0.2) is 4.98 Å². The van der Waals surface area contributed by atoms with E-state index in [-0.39, 0.29) is 12.4 Å². The Labute approximate surface area is 108 Å². The van der Waals surface area contributed by atoms with Crippen LogP contribution in [0.2, 0.25) is 0 Å². The third kappa shape index (κ3) is 2.61. The highest BCUT2D eigenvalue weighted by molar-refractivity contribution is 5.78. The first-order chi connectivity index (χ1) is 7.63. The van der Waals surface area contributed by atoms with E-state index in [0.717, 1.165) is 30.9 Å². The minimum Gasteiger partial charge on any atom is -1.00 e. The summed E-state index contributed by atoms with van der Waals surface area (Å²) in [6, 6.07) is 4.39. The highest BCUT2D eigenvalue weighted by atomic mass is 35.5. The summed E-state index contributed by atoms with van der Waals surface area (Å²) in [6.45, 7) is 8.01. The number of hydrogen-bond donors (Lipinski definition) is 1. The Morgan fingerprint density at radius 3 is 2.47 bits per heavy atom. The van der Waals surface area contributed by atoms with Crippen molar-refractivity contribution in [3.8, 4) is 0 Å². The van der Waals surface area contributed by atoms with Gasteiger partial charge < -0.3 is 22.7 Å². The summed E-state index contributed by atoms with van der Waals surface area (Å²) >= 11 is 0. The predicted octanol–water partition coefficient (Wildman–Crippen LogP) is -0.686. The lowest BCUT2D eigenvalue weighted by Gasteiger charge is -2.06. The molecule has 1 heterocycles. The van der Waals surface area contributed by atoms with Crippen molar-refractivity contribution in [1.82, 2.24) is 9.55 Å². The number of rotatable bonds is 3. The smallest absolute Gasteiger partial charge is 0.106 e. The Bertz CT molecular complexity index is 517. The van der Waals surface area contributed by atoms with E-state index in [9.17, 15) is 0 Å². The molecular weight excluding hydrogens is 234 g/mol. The normalized spacial score (nSPS) is 10.6. The molecule has 2 N–H and O–H groups in total. The van der Waals surface area contributed by atoms with Gasteiger partial charge in [-0.05, 0) is 57.0 Å². The molecule has 4 heteroatoms. The standard InChI is InChI=1S/C13H19N3.ClH/c1-9-7-12-13(8-10(9)2)16(6-4-5-14)11(3)15-12;/h7-8H,4-6,14H2,1-3H3;1H/p-1. The van der Waals surface area contributed by atoms with Gasteiger partial charge in [-0.15, -0.1) is 0 Å². The van der Waals surface area contributed by atoms with Crippen molar-refractivity contribution in [2.75, 3.05) is 6.54 Å². The van der Waals surface area contributed by atoms with Crippen molar-refractivity contribution >= 4 is 11.0 Å². The molecule has 2 aromatic rings. The number of fused-ring (bicyclic) bond motifs is 1. The molecule has 1 aromatic carbocycles. The molecule has 0 saturated carbocycles. The second kappa shape index (κ2) is 5.52. The molecule has 2 rings (SSSR count). The Kier molecular flexibility index (Phi) is 4.54. The molecule has 0 radical (unpaired) electrons. The zero-order chi connectivity index (χ0) is 11.7. The molecule has 94 valence electrons. The predicted molar refractivity (Wildman–Crippen MR) is 67.6 cm³/mol. The van der Waals surface area contributed by atoms with E-state index < -0.39 is 0 Å². The molecule has 17 heavy (non-hydrogen) atoms. The molecule has 0 unspecified atom stereocenters. The van der Waals surface area contributed by atoms with Crippen LogP contribution in [0.3, 0.4) is 0 Å². The lowest BCUT2D eigenvalue weighted by Crippen LogP contribution is -3.00.